The van der Waals surface area contributed by atoms with Crippen LogP contribution < -0.4 is 4.57 Å². The summed E-state index contributed by atoms with van der Waals surface area (Å²) in [6, 6.07) is 14.8. The van der Waals surface area contributed by atoms with Gasteiger partial charge in [0.2, 0.25) is 0 Å². The van der Waals surface area contributed by atoms with Crippen LogP contribution in [0.2, 0.25) is 0 Å². The second-order valence-corrected chi connectivity index (χ2v) is 2.95. The maximum absolute atomic E-state index is 11.8. The van der Waals surface area contributed by atoms with E-state index in [1.807, 2.05) is 48.5 Å². The largest absolute Gasteiger partial charge is 0.424 e. The lowest BCUT2D eigenvalue weighted by Gasteiger charge is -1.93. The minimum Gasteiger partial charge on any atom is -0.214 e. The minimum absolute atomic E-state index is 0.00815. The first-order valence-corrected chi connectivity index (χ1v) is 4.44. The molecule has 0 amide bonds. The van der Waals surface area contributed by atoms with Gasteiger partial charge < -0.3 is 0 Å². The molecule has 0 aliphatic rings. The summed E-state index contributed by atoms with van der Waals surface area (Å²) >= 11 is 0. The maximum Gasteiger partial charge on any atom is 0.424 e. The first kappa shape index (κ1) is 8.63. The molecule has 0 fully saturated rings. The van der Waals surface area contributed by atoms with Crippen molar-refractivity contribution in [1.29, 1.82) is 0 Å². The SMILES string of the molecule is O=C(c1ccccc1)[n+]1ccccc1. The molecule has 0 radical (unpaired) electrons. The van der Waals surface area contributed by atoms with Gasteiger partial charge in [0.15, 0.2) is 12.4 Å². The molecule has 2 heteroatoms. The van der Waals surface area contributed by atoms with Gasteiger partial charge in [-0.25, -0.2) is 4.79 Å². The lowest BCUT2D eigenvalue weighted by atomic mass is 10.2. The molecule has 0 bridgehead atoms. The van der Waals surface area contributed by atoms with Crippen LogP contribution in [0.25, 0.3) is 0 Å². The van der Waals surface area contributed by atoms with Crippen molar-refractivity contribution >= 4 is 5.91 Å². The van der Waals surface area contributed by atoms with Gasteiger partial charge in [0.25, 0.3) is 0 Å². The van der Waals surface area contributed by atoms with Crippen molar-refractivity contribution in [2.24, 2.45) is 0 Å². The molecule has 14 heavy (non-hydrogen) atoms. The summed E-state index contributed by atoms with van der Waals surface area (Å²) < 4.78 is 1.56. The van der Waals surface area contributed by atoms with E-state index >= 15 is 0 Å². The van der Waals surface area contributed by atoms with E-state index in [0.29, 0.717) is 5.56 Å². The van der Waals surface area contributed by atoms with Gasteiger partial charge in [0.05, 0.1) is 5.56 Å². The van der Waals surface area contributed by atoms with E-state index in [1.54, 1.807) is 17.0 Å². The second-order valence-electron chi connectivity index (χ2n) is 2.95. The van der Waals surface area contributed by atoms with Crippen LogP contribution in [-0.4, -0.2) is 5.91 Å². The lowest BCUT2D eigenvalue weighted by Crippen LogP contribution is -2.41. The summed E-state index contributed by atoms with van der Waals surface area (Å²) in [7, 11) is 0. The summed E-state index contributed by atoms with van der Waals surface area (Å²) in [5, 5.41) is 0. The topological polar surface area (TPSA) is 20.9 Å². The molecule has 0 atom stereocenters. The van der Waals surface area contributed by atoms with Crippen LogP contribution in [0.3, 0.4) is 0 Å². The highest BCUT2D eigenvalue weighted by molar-refractivity contribution is 5.86. The smallest absolute Gasteiger partial charge is 0.214 e. The van der Waals surface area contributed by atoms with Crippen molar-refractivity contribution < 1.29 is 9.36 Å². The molecule has 2 aromatic rings. The van der Waals surface area contributed by atoms with Crippen molar-refractivity contribution in [3.63, 3.8) is 0 Å². The fourth-order valence-electron chi connectivity index (χ4n) is 1.26. The fourth-order valence-corrected chi connectivity index (χ4v) is 1.26. The van der Waals surface area contributed by atoms with E-state index < -0.39 is 0 Å². The predicted octanol–water partition coefficient (Wildman–Crippen LogP) is 1.66. The van der Waals surface area contributed by atoms with Crippen LogP contribution in [0.5, 0.6) is 0 Å². The molecule has 0 aliphatic carbocycles. The molecule has 0 unspecified atom stereocenters. The zero-order valence-corrected chi connectivity index (χ0v) is 7.63. The Balaban J connectivity index is 2.35. The van der Waals surface area contributed by atoms with Crippen molar-refractivity contribution in [1.82, 2.24) is 0 Å². The monoisotopic (exact) mass is 184 g/mol. The van der Waals surface area contributed by atoms with Crippen LogP contribution >= 0.6 is 0 Å². The summed E-state index contributed by atoms with van der Waals surface area (Å²) in [6.07, 6.45) is 3.49. The van der Waals surface area contributed by atoms with Crippen LogP contribution in [0.15, 0.2) is 60.9 Å². The number of carbonyl (C=O) groups excluding carboxylic acids is 1. The van der Waals surface area contributed by atoms with Crippen LogP contribution in [0.1, 0.15) is 10.4 Å². The van der Waals surface area contributed by atoms with E-state index in [9.17, 15) is 4.79 Å². The summed E-state index contributed by atoms with van der Waals surface area (Å²) in [5.74, 6) is -0.00815. The Kier molecular flexibility index (Phi) is 2.36. The number of benzene rings is 1. The first-order chi connectivity index (χ1) is 6.88. The number of hydrogen-bond acceptors (Lipinski definition) is 1. The van der Waals surface area contributed by atoms with E-state index in [2.05, 4.69) is 0 Å². The van der Waals surface area contributed by atoms with E-state index in [4.69, 9.17) is 0 Å². The number of pyridine rings is 1. The van der Waals surface area contributed by atoms with Crippen LogP contribution in [0.4, 0.5) is 0 Å². The fraction of sp³-hybridized carbons (Fsp3) is 0. The molecule has 0 saturated carbocycles. The zero-order chi connectivity index (χ0) is 9.80. The molecule has 0 saturated heterocycles. The summed E-state index contributed by atoms with van der Waals surface area (Å²) in [4.78, 5) is 11.8. The maximum atomic E-state index is 11.8. The molecule has 1 heterocycles. The molecular weight excluding hydrogens is 174 g/mol. The lowest BCUT2D eigenvalue weighted by molar-refractivity contribution is -0.570. The van der Waals surface area contributed by atoms with Crippen molar-refractivity contribution in [2.75, 3.05) is 0 Å². The summed E-state index contributed by atoms with van der Waals surface area (Å²) in [5.41, 5.74) is 0.698. The van der Waals surface area contributed by atoms with Crippen molar-refractivity contribution in [2.45, 2.75) is 0 Å². The Labute approximate surface area is 82.4 Å². The Morgan fingerprint density at radius 2 is 1.43 bits per heavy atom. The highest BCUT2D eigenvalue weighted by Gasteiger charge is 2.14. The highest BCUT2D eigenvalue weighted by Crippen LogP contribution is 1.97. The van der Waals surface area contributed by atoms with E-state index in [1.165, 1.54) is 0 Å². The van der Waals surface area contributed by atoms with Crippen molar-refractivity contribution in [3.8, 4) is 0 Å². The molecule has 0 aliphatic heterocycles. The Bertz CT molecular complexity index is 381. The average Bonchev–Trinajstić information content (AvgIpc) is 2.30. The molecule has 2 rings (SSSR count). The number of carbonyl (C=O) groups is 1. The number of aromatic nitrogens is 1. The highest BCUT2D eigenvalue weighted by atomic mass is 16.2. The van der Waals surface area contributed by atoms with Gasteiger partial charge in [-0.3, -0.25) is 0 Å². The zero-order valence-electron chi connectivity index (χ0n) is 7.63. The molecule has 68 valence electrons. The molecule has 0 spiro atoms. The van der Waals surface area contributed by atoms with Crippen LogP contribution in [0, 0.1) is 0 Å². The van der Waals surface area contributed by atoms with Gasteiger partial charge in [-0.15, -0.1) is 4.57 Å². The Hall–Kier alpha value is -1.96. The minimum atomic E-state index is -0.00815. The molecule has 1 aromatic carbocycles. The third kappa shape index (κ3) is 1.69. The van der Waals surface area contributed by atoms with Gasteiger partial charge in [0, 0.05) is 12.1 Å². The van der Waals surface area contributed by atoms with Gasteiger partial charge in [-0.2, -0.15) is 0 Å². The second kappa shape index (κ2) is 3.83. The van der Waals surface area contributed by atoms with Gasteiger partial charge in [0.1, 0.15) is 0 Å². The van der Waals surface area contributed by atoms with Crippen molar-refractivity contribution in [3.05, 3.63) is 66.5 Å². The molecular formula is C12H10NO+. The molecule has 0 N–H and O–H groups in total. The standard InChI is InChI=1S/C12H10NO/c14-12(11-7-3-1-4-8-11)13-9-5-2-6-10-13/h1-10H/q+1. The third-order valence-corrected chi connectivity index (χ3v) is 1.97. The molecule has 1 aromatic heterocycles. The van der Waals surface area contributed by atoms with Crippen LogP contribution in [-0.2, 0) is 0 Å². The Morgan fingerprint density at radius 3 is 2.07 bits per heavy atom. The van der Waals surface area contributed by atoms with E-state index in [0.717, 1.165) is 0 Å². The molecule has 2 nitrogen and oxygen atoms in total. The quantitative estimate of drug-likeness (QED) is 0.617. The third-order valence-electron chi connectivity index (χ3n) is 1.97. The number of rotatable bonds is 1. The Morgan fingerprint density at radius 1 is 0.857 bits per heavy atom. The first-order valence-electron chi connectivity index (χ1n) is 4.44. The predicted molar refractivity (Wildman–Crippen MR) is 52.8 cm³/mol. The van der Waals surface area contributed by atoms with Gasteiger partial charge >= 0.3 is 5.91 Å². The number of nitrogens with zero attached hydrogens (tertiary/aromatic N) is 1. The van der Waals surface area contributed by atoms with Gasteiger partial charge in [-0.05, 0) is 12.1 Å². The number of hydrogen-bond donors (Lipinski definition) is 0. The van der Waals surface area contributed by atoms with Gasteiger partial charge in [-0.1, -0.05) is 24.3 Å². The van der Waals surface area contributed by atoms with E-state index in [-0.39, 0.29) is 5.91 Å². The normalized spacial score (nSPS) is 9.71. The summed E-state index contributed by atoms with van der Waals surface area (Å²) in [6.45, 7) is 0. The average molecular weight is 184 g/mol.